The van der Waals surface area contributed by atoms with Gasteiger partial charge in [-0.25, -0.2) is 0 Å². The van der Waals surface area contributed by atoms with Crippen molar-refractivity contribution in [1.82, 2.24) is 10.9 Å². The van der Waals surface area contributed by atoms with Crippen molar-refractivity contribution in [3.63, 3.8) is 0 Å². The zero-order chi connectivity index (χ0) is 21.5. The number of non-ortho nitro benzene ring substituents is 1. The number of nitrogens with zero attached hydrogens (tertiary/aromatic N) is 1. The minimum absolute atomic E-state index is 0.00210. The Morgan fingerprint density at radius 2 is 1.30 bits per heavy atom. The van der Waals surface area contributed by atoms with Crippen LogP contribution in [0.15, 0.2) is 48.5 Å². The predicted octanol–water partition coefficient (Wildman–Crippen LogP) is 3.19. The summed E-state index contributed by atoms with van der Waals surface area (Å²) in [7, 11) is 0. The Morgan fingerprint density at radius 1 is 0.800 bits per heavy atom. The van der Waals surface area contributed by atoms with Gasteiger partial charge in [0.05, 0.1) is 4.92 Å². The fourth-order valence-corrected chi connectivity index (χ4v) is 3.31. The Kier molecular flexibility index (Phi) is 6.74. The molecule has 9 nitrogen and oxygen atoms in total. The average Bonchev–Trinajstić information content (AvgIpc) is 2.78. The molecule has 9 heteroatoms. The lowest BCUT2D eigenvalue weighted by Gasteiger charge is -2.20. The molecular formula is C21H22N4O5. The lowest BCUT2D eigenvalue weighted by atomic mass is 9.88. The molecule has 1 fully saturated rings. The van der Waals surface area contributed by atoms with Crippen LogP contribution in [0.25, 0.3) is 0 Å². The van der Waals surface area contributed by atoms with Crippen LogP contribution in [0.3, 0.4) is 0 Å². The summed E-state index contributed by atoms with van der Waals surface area (Å²) in [5, 5.41) is 13.5. The number of amides is 3. The topological polar surface area (TPSA) is 130 Å². The summed E-state index contributed by atoms with van der Waals surface area (Å²) in [6, 6.07) is 11.4. The zero-order valence-electron chi connectivity index (χ0n) is 16.2. The van der Waals surface area contributed by atoms with Crippen LogP contribution in [-0.4, -0.2) is 22.6 Å². The van der Waals surface area contributed by atoms with Crippen molar-refractivity contribution >= 4 is 29.1 Å². The van der Waals surface area contributed by atoms with Gasteiger partial charge in [-0.05, 0) is 49.2 Å². The SMILES string of the molecule is O=C(NNC(=O)c1ccc([N+](=O)[O-])cc1)c1ccc(NC(=O)C2CCCCC2)cc1. The van der Waals surface area contributed by atoms with E-state index in [1.165, 1.54) is 30.7 Å². The summed E-state index contributed by atoms with van der Waals surface area (Å²) in [6.45, 7) is 0. The normalized spacial score (nSPS) is 13.9. The van der Waals surface area contributed by atoms with Crippen LogP contribution < -0.4 is 16.2 Å². The number of benzene rings is 2. The highest BCUT2D eigenvalue weighted by molar-refractivity contribution is 5.99. The van der Waals surface area contributed by atoms with Gasteiger partial charge in [-0.1, -0.05) is 19.3 Å². The molecule has 1 saturated carbocycles. The summed E-state index contributed by atoms with van der Waals surface area (Å²) < 4.78 is 0. The third kappa shape index (κ3) is 5.40. The van der Waals surface area contributed by atoms with Crippen LogP contribution in [0.1, 0.15) is 52.8 Å². The molecule has 0 aliphatic heterocycles. The van der Waals surface area contributed by atoms with Gasteiger partial charge in [0.25, 0.3) is 17.5 Å². The van der Waals surface area contributed by atoms with E-state index in [4.69, 9.17) is 0 Å². The Bertz CT molecular complexity index is 935. The molecule has 3 rings (SSSR count). The van der Waals surface area contributed by atoms with Crippen molar-refractivity contribution in [3.8, 4) is 0 Å². The number of nitro groups is 1. The van der Waals surface area contributed by atoms with Gasteiger partial charge in [0.2, 0.25) is 5.91 Å². The van der Waals surface area contributed by atoms with E-state index in [1.807, 2.05) is 0 Å². The van der Waals surface area contributed by atoms with Gasteiger partial charge in [0, 0.05) is 34.9 Å². The van der Waals surface area contributed by atoms with E-state index in [0.717, 1.165) is 25.7 Å². The standard InChI is InChI=1S/C21H22N4O5/c26-19(14-4-2-1-3-5-14)22-17-10-6-15(7-11-17)20(27)23-24-21(28)16-8-12-18(13-9-16)25(29)30/h6-14H,1-5H2,(H,22,26)(H,23,27)(H,24,28). The first-order valence-corrected chi connectivity index (χ1v) is 9.70. The molecule has 3 amide bonds. The van der Waals surface area contributed by atoms with E-state index in [-0.39, 0.29) is 23.1 Å². The van der Waals surface area contributed by atoms with E-state index in [9.17, 15) is 24.5 Å². The van der Waals surface area contributed by atoms with Crippen molar-refractivity contribution in [2.75, 3.05) is 5.32 Å². The zero-order valence-corrected chi connectivity index (χ0v) is 16.2. The summed E-state index contributed by atoms with van der Waals surface area (Å²) >= 11 is 0. The molecule has 2 aromatic carbocycles. The first-order chi connectivity index (χ1) is 14.4. The maximum absolute atomic E-state index is 12.3. The Morgan fingerprint density at radius 3 is 1.80 bits per heavy atom. The fraction of sp³-hybridized carbons (Fsp3) is 0.286. The third-order valence-electron chi connectivity index (χ3n) is 5.02. The number of nitro benzene ring substituents is 1. The number of hydrazine groups is 1. The van der Waals surface area contributed by atoms with Gasteiger partial charge in [0.15, 0.2) is 0 Å². The molecule has 0 atom stereocenters. The largest absolute Gasteiger partial charge is 0.326 e. The maximum Gasteiger partial charge on any atom is 0.269 e. The summed E-state index contributed by atoms with van der Waals surface area (Å²) in [5.74, 6) is -1.09. The Balaban J connectivity index is 1.51. The second-order valence-electron chi connectivity index (χ2n) is 7.11. The van der Waals surface area contributed by atoms with Crippen molar-refractivity contribution < 1.29 is 19.3 Å². The van der Waals surface area contributed by atoms with Crippen LogP contribution in [-0.2, 0) is 4.79 Å². The van der Waals surface area contributed by atoms with Gasteiger partial charge in [-0.3, -0.25) is 35.3 Å². The summed E-state index contributed by atoms with van der Waals surface area (Å²) in [4.78, 5) is 46.6. The Hall–Kier alpha value is -3.75. The molecule has 0 radical (unpaired) electrons. The van der Waals surface area contributed by atoms with Crippen molar-refractivity contribution in [2.24, 2.45) is 5.92 Å². The number of hydrogen-bond donors (Lipinski definition) is 3. The predicted molar refractivity (Wildman–Crippen MR) is 110 cm³/mol. The number of carbonyl (C=O) groups excluding carboxylic acids is 3. The lowest BCUT2D eigenvalue weighted by molar-refractivity contribution is -0.384. The molecule has 156 valence electrons. The molecule has 1 aliphatic rings. The van der Waals surface area contributed by atoms with Gasteiger partial charge in [-0.2, -0.15) is 0 Å². The number of rotatable bonds is 5. The minimum atomic E-state index is -0.602. The monoisotopic (exact) mass is 410 g/mol. The molecule has 2 aromatic rings. The van der Waals surface area contributed by atoms with Crippen molar-refractivity contribution in [2.45, 2.75) is 32.1 Å². The van der Waals surface area contributed by atoms with Crippen LogP contribution in [0.2, 0.25) is 0 Å². The minimum Gasteiger partial charge on any atom is -0.326 e. The van der Waals surface area contributed by atoms with Crippen molar-refractivity contribution in [3.05, 3.63) is 69.8 Å². The van der Waals surface area contributed by atoms with Gasteiger partial charge < -0.3 is 5.32 Å². The molecule has 30 heavy (non-hydrogen) atoms. The quantitative estimate of drug-likeness (QED) is 0.515. The first-order valence-electron chi connectivity index (χ1n) is 9.70. The highest BCUT2D eigenvalue weighted by atomic mass is 16.6. The number of nitrogens with one attached hydrogen (secondary N) is 3. The summed E-state index contributed by atoms with van der Waals surface area (Å²) in [6.07, 6.45) is 5.13. The summed E-state index contributed by atoms with van der Waals surface area (Å²) in [5.41, 5.74) is 5.49. The molecule has 0 bridgehead atoms. The Labute approximate surface area is 173 Å². The second-order valence-corrected chi connectivity index (χ2v) is 7.11. The fourth-order valence-electron chi connectivity index (χ4n) is 3.31. The number of hydrogen-bond acceptors (Lipinski definition) is 5. The molecule has 0 spiro atoms. The van der Waals surface area contributed by atoms with E-state index in [2.05, 4.69) is 16.2 Å². The second kappa shape index (κ2) is 9.64. The smallest absolute Gasteiger partial charge is 0.269 e. The molecule has 0 heterocycles. The van der Waals surface area contributed by atoms with Gasteiger partial charge in [-0.15, -0.1) is 0 Å². The van der Waals surface area contributed by atoms with E-state index in [0.29, 0.717) is 11.3 Å². The van der Waals surface area contributed by atoms with Gasteiger partial charge >= 0.3 is 0 Å². The van der Waals surface area contributed by atoms with E-state index >= 15 is 0 Å². The number of carbonyl (C=O) groups is 3. The third-order valence-corrected chi connectivity index (χ3v) is 5.02. The number of anilines is 1. The van der Waals surface area contributed by atoms with E-state index < -0.39 is 16.7 Å². The highest BCUT2D eigenvalue weighted by Gasteiger charge is 2.21. The van der Waals surface area contributed by atoms with Crippen LogP contribution in [0.4, 0.5) is 11.4 Å². The van der Waals surface area contributed by atoms with Crippen LogP contribution in [0.5, 0.6) is 0 Å². The van der Waals surface area contributed by atoms with Gasteiger partial charge in [0.1, 0.15) is 0 Å². The van der Waals surface area contributed by atoms with Crippen molar-refractivity contribution in [1.29, 1.82) is 0 Å². The highest BCUT2D eigenvalue weighted by Crippen LogP contribution is 2.25. The molecule has 0 unspecified atom stereocenters. The first kappa shape index (κ1) is 21.0. The van der Waals surface area contributed by atoms with Crippen LogP contribution in [0, 0.1) is 16.0 Å². The molecule has 0 aromatic heterocycles. The molecule has 0 saturated heterocycles. The molecular weight excluding hydrogens is 388 g/mol. The lowest BCUT2D eigenvalue weighted by Crippen LogP contribution is -2.41. The maximum atomic E-state index is 12.3. The van der Waals surface area contributed by atoms with Crippen LogP contribution >= 0.6 is 0 Å². The van der Waals surface area contributed by atoms with E-state index in [1.54, 1.807) is 24.3 Å². The molecule has 3 N–H and O–H groups in total. The molecule has 1 aliphatic carbocycles. The average molecular weight is 410 g/mol.